The van der Waals surface area contributed by atoms with Crippen molar-refractivity contribution in [1.82, 2.24) is 4.90 Å². The van der Waals surface area contributed by atoms with Gasteiger partial charge in [-0.2, -0.15) is 0 Å². The van der Waals surface area contributed by atoms with E-state index in [4.69, 9.17) is 0 Å². The first-order valence-electron chi connectivity index (χ1n) is 5.89. The van der Waals surface area contributed by atoms with E-state index in [2.05, 4.69) is 35.2 Å². The molecule has 1 fully saturated rings. The van der Waals surface area contributed by atoms with Crippen LogP contribution in [-0.2, 0) is 6.54 Å². The van der Waals surface area contributed by atoms with E-state index in [0.29, 0.717) is 5.76 Å². The number of allylic oxidation sites excluding steroid dienone is 1. The lowest BCUT2D eigenvalue weighted by molar-refractivity contribution is 0.241. The maximum atomic E-state index is 9.41. The number of piperidine rings is 1. The Morgan fingerprint density at radius 2 is 1.81 bits per heavy atom. The first-order valence-corrected chi connectivity index (χ1v) is 5.89. The van der Waals surface area contributed by atoms with Crippen molar-refractivity contribution in [3.8, 4) is 0 Å². The average Bonchev–Trinajstić information content (AvgIpc) is 2.31. The topological polar surface area (TPSA) is 23.5 Å². The standard InChI is InChI=1S/C14H19NO/c1-12(16)14-7-9-15(10-8-14)11-13-5-3-2-4-6-13/h2-6,16H,7-11H2,1H3. The van der Waals surface area contributed by atoms with E-state index in [0.717, 1.165) is 32.5 Å². The summed E-state index contributed by atoms with van der Waals surface area (Å²) in [6.07, 6.45) is 2.02. The van der Waals surface area contributed by atoms with Gasteiger partial charge in [0.15, 0.2) is 0 Å². The molecular weight excluding hydrogens is 198 g/mol. The van der Waals surface area contributed by atoms with Gasteiger partial charge in [-0.15, -0.1) is 0 Å². The number of benzene rings is 1. The van der Waals surface area contributed by atoms with Crippen LogP contribution in [0.3, 0.4) is 0 Å². The summed E-state index contributed by atoms with van der Waals surface area (Å²) in [5.41, 5.74) is 2.60. The summed E-state index contributed by atoms with van der Waals surface area (Å²) in [5, 5.41) is 9.41. The Hall–Kier alpha value is -1.28. The molecule has 1 heterocycles. The highest BCUT2D eigenvalue weighted by Gasteiger charge is 2.15. The Bertz CT molecular complexity index is 356. The van der Waals surface area contributed by atoms with Gasteiger partial charge in [-0.25, -0.2) is 0 Å². The predicted octanol–water partition coefficient (Wildman–Crippen LogP) is 3.11. The lowest BCUT2D eigenvalue weighted by Gasteiger charge is -2.28. The molecule has 1 aliphatic heterocycles. The van der Waals surface area contributed by atoms with E-state index in [-0.39, 0.29) is 0 Å². The SMILES string of the molecule is CC(O)=C1CCN(Cc2ccccc2)CC1. The molecule has 0 unspecified atom stereocenters. The molecule has 86 valence electrons. The van der Waals surface area contributed by atoms with Crippen molar-refractivity contribution in [3.63, 3.8) is 0 Å². The molecule has 1 aromatic rings. The van der Waals surface area contributed by atoms with Crippen LogP contribution in [0.2, 0.25) is 0 Å². The second kappa shape index (κ2) is 5.17. The van der Waals surface area contributed by atoms with E-state index in [1.165, 1.54) is 11.1 Å². The van der Waals surface area contributed by atoms with Gasteiger partial charge < -0.3 is 5.11 Å². The van der Waals surface area contributed by atoms with Crippen LogP contribution >= 0.6 is 0 Å². The maximum Gasteiger partial charge on any atom is 0.0884 e. The number of hydrogen-bond donors (Lipinski definition) is 1. The van der Waals surface area contributed by atoms with E-state index in [1.807, 2.05) is 0 Å². The highest BCUT2D eigenvalue weighted by molar-refractivity contribution is 5.15. The Labute approximate surface area is 97.2 Å². The van der Waals surface area contributed by atoms with Crippen LogP contribution in [0.4, 0.5) is 0 Å². The molecule has 0 atom stereocenters. The Kier molecular flexibility index (Phi) is 3.62. The first kappa shape index (κ1) is 11.2. The molecule has 0 amide bonds. The van der Waals surface area contributed by atoms with Gasteiger partial charge in [0, 0.05) is 19.6 Å². The van der Waals surface area contributed by atoms with Crippen molar-refractivity contribution in [2.75, 3.05) is 13.1 Å². The number of hydrogen-bond acceptors (Lipinski definition) is 2. The Morgan fingerprint density at radius 3 is 2.38 bits per heavy atom. The normalized spacial score (nSPS) is 17.4. The van der Waals surface area contributed by atoms with E-state index >= 15 is 0 Å². The van der Waals surface area contributed by atoms with Gasteiger partial charge in [-0.3, -0.25) is 4.90 Å². The molecule has 1 saturated heterocycles. The second-order valence-electron chi connectivity index (χ2n) is 4.45. The predicted molar refractivity (Wildman–Crippen MR) is 66.3 cm³/mol. The quantitative estimate of drug-likeness (QED) is 0.769. The van der Waals surface area contributed by atoms with Gasteiger partial charge in [0.25, 0.3) is 0 Å². The molecule has 0 saturated carbocycles. The molecule has 1 N–H and O–H groups in total. The molecule has 2 rings (SSSR count). The van der Waals surface area contributed by atoms with Crippen LogP contribution in [0.5, 0.6) is 0 Å². The first-order chi connectivity index (χ1) is 7.75. The summed E-state index contributed by atoms with van der Waals surface area (Å²) in [6.45, 7) is 4.94. The fourth-order valence-electron chi connectivity index (χ4n) is 2.18. The lowest BCUT2D eigenvalue weighted by atomic mass is 10.0. The highest BCUT2D eigenvalue weighted by Crippen LogP contribution is 2.20. The number of likely N-dealkylation sites (tertiary alicyclic amines) is 1. The summed E-state index contributed by atoms with van der Waals surface area (Å²) in [7, 11) is 0. The molecule has 1 aromatic carbocycles. The molecule has 2 heteroatoms. The third-order valence-corrected chi connectivity index (χ3v) is 3.22. The van der Waals surface area contributed by atoms with Crippen LogP contribution in [-0.4, -0.2) is 23.1 Å². The summed E-state index contributed by atoms with van der Waals surface area (Å²) in [4.78, 5) is 2.45. The number of aliphatic hydroxyl groups excluding tert-OH is 1. The third-order valence-electron chi connectivity index (χ3n) is 3.22. The van der Waals surface area contributed by atoms with E-state index in [9.17, 15) is 5.11 Å². The van der Waals surface area contributed by atoms with Gasteiger partial charge >= 0.3 is 0 Å². The van der Waals surface area contributed by atoms with Crippen LogP contribution in [0.25, 0.3) is 0 Å². The minimum absolute atomic E-state index is 0.527. The lowest BCUT2D eigenvalue weighted by Crippen LogP contribution is -2.30. The fraction of sp³-hybridized carbons (Fsp3) is 0.429. The maximum absolute atomic E-state index is 9.41. The van der Waals surface area contributed by atoms with Crippen LogP contribution in [0, 0.1) is 0 Å². The van der Waals surface area contributed by atoms with Crippen molar-refractivity contribution in [2.45, 2.75) is 26.3 Å². The molecule has 0 aromatic heterocycles. The number of rotatable bonds is 2. The average molecular weight is 217 g/mol. The van der Waals surface area contributed by atoms with Gasteiger partial charge in [0.2, 0.25) is 0 Å². The number of nitrogens with zero attached hydrogens (tertiary/aromatic N) is 1. The second-order valence-corrected chi connectivity index (χ2v) is 4.45. The zero-order chi connectivity index (χ0) is 11.4. The van der Waals surface area contributed by atoms with Crippen molar-refractivity contribution in [2.24, 2.45) is 0 Å². The zero-order valence-electron chi connectivity index (χ0n) is 9.82. The van der Waals surface area contributed by atoms with Crippen molar-refractivity contribution in [1.29, 1.82) is 0 Å². The van der Waals surface area contributed by atoms with Crippen LogP contribution < -0.4 is 0 Å². The monoisotopic (exact) mass is 217 g/mol. The largest absolute Gasteiger partial charge is 0.513 e. The van der Waals surface area contributed by atoms with Crippen molar-refractivity contribution >= 4 is 0 Å². The minimum Gasteiger partial charge on any atom is -0.513 e. The van der Waals surface area contributed by atoms with Crippen LogP contribution in [0.15, 0.2) is 41.7 Å². The van der Waals surface area contributed by atoms with Crippen molar-refractivity contribution in [3.05, 3.63) is 47.2 Å². The van der Waals surface area contributed by atoms with E-state index in [1.54, 1.807) is 6.92 Å². The Balaban J connectivity index is 1.89. The van der Waals surface area contributed by atoms with Gasteiger partial charge in [0.05, 0.1) is 5.76 Å². The highest BCUT2D eigenvalue weighted by atomic mass is 16.3. The zero-order valence-corrected chi connectivity index (χ0v) is 9.82. The smallest absolute Gasteiger partial charge is 0.0884 e. The summed E-state index contributed by atoms with van der Waals surface area (Å²) >= 11 is 0. The molecular formula is C14H19NO. The summed E-state index contributed by atoms with van der Waals surface area (Å²) in [5.74, 6) is 0.527. The fourth-order valence-corrected chi connectivity index (χ4v) is 2.18. The summed E-state index contributed by atoms with van der Waals surface area (Å²) in [6, 6.07) is 10.6. The van der Waals surface area contributed by atoms with Gasteiger partial charge in [-0.1, -0.05) is 30.3 Å². The molecule has 1 aliphatic rings. The minimum atomic E-state index is 0.527. The van der Waals surface area contributed by atoms with Gasteiger partial charge in [-0.05, 0) is 30.9 Å². The molecule has 0 spiro atoms. The molecule has 0 aliphatic carbocycles. The molecule has 16 heavy (non-hydrogen) atoms. The summed E-state index contributed by atoms with van der Waals surface area (Å²) < 4.78 is 0. The van der Waals surface area contributed by atoms with E-state index < -0.39 is 0 Å². The third kappa shape index (κ3) is 2.86. The Morgan fingerprint density at radius 1 is 1.19 bits per heavy atom. The van der Waals surface area contributed by atoms with Crippen LogP contribution in [0.1, 0.15) is 25.3 Å². The van der Waals surface area contributed by atoms with Gasteiger partial charge in [0.1, 0.15) is 0 Å². The molecule has 2 nitrogen and oxygen atoms in total. The number of aliphatic hydroxyl groups is 1. The molecule has 0 bridgehead atoms. The van der Waals surface area contributed by atoms with Crippen molar-refractivity contribution < 1.29 is 5.11 Å². The molecule has 0 radical (unpaired) electrons.